The number of fused-ring (bicyclic) bond motifs is 3. The molecule has 0 bridgehead atoms. The summed E-state index contributed by atoms with van der Waals surface area (Å²) >= 11 is 0. The summed E-state index contributed by atoms with van der Waals surface area (Å²) < 4.78 is 3.40. The highest BCUT2D eigenvalue weighted by atomic mass is 16.2. The van der Waals surface area contributed by atoms with E-state index in [1.165, 1.54) is 5.56 Å². The summed E-state index contributed by atoms with van der Waals surface area (Å²) in [4.78, 5) is 30.9. The second kappa shape index (κ2) is 9.75. The molecule has 0 saturated heterocycles. The zero-order valence-corrected chi connectivity index (χ0v) is 18.9. The van der Waals surface area contributed by atoms with Gasteiger partial charge >= 0.3 is 0 Å². The van der Waals surface area contributed by atoms with E-state index in [2.05, 4.69) is 22.4 Å². The molecule has 0 aliphatic carbocycles. The molecule has 0 unspecified atom stereocenters. The van der Waals surface area contributed by atoms with Crippen molar-refractivity contribution >= 4 is 27.8 Å². The molecule has 0 atom stereocenters. The number of amides is 1. The number of hydrogen-bond donors (Lipinski definition) is 1. The molecule has 5 aromatic rings. The fourth-order valence-electron chi connectivity index (χ4n) is 4.37. The zero-order chi connectivity index (χ0) is 23.3. The van der Waals surface area contributed by atoms with Gasteiger partial charge in [0.25, 0.3) is 5.56 Å². The van der Waals surface area contributed by atoms with Crippen LogP contribution in [0.1, 0.15) is 17.5 Å². The third kappa shape index (κ3) is 4.48. The number of aromatic nitrogens is 3. The van der Waals surface area contributed by atoms with Crippen LogP contribution in [0.2, 0.25) is 0 Å². The third-order valence-electron chi connectivity index (χ3n) is 6.04. The van der Waals surface area contributed by atoms with Crippen LogP contribution in [0.15, 0.2) is 96.1 Å². The molecule has 0 spiro atoms. The average Bonchev–Trinajstić information content (AvgIpc) is 3.19. The van der Waals surface area contributed by atoms with Crippen LogP contribution < -0.4 is 10.9 Å². The number of hydrogen-bond acceptors (Lipinski definition) is 3. The van der Waals surface area contributed by atoms with Gasteiger partial charge in [-0.2, -0.15) is 0 Å². The summed E-state index contributed by atoms with van der Waals surface area (Å²) in [5.74, 6) is -0.117. The van der Waals surface area contributed by atoms with E-state index < -0.39 is 0 Å². The quantitative estimate of drug-likeness (QED) is 0.361. The highest BCUT2D eigenvalue weighted by Gasteiger charge is 2.18. The molecule has 0 aliphatic heterocycles. The fraction of sp³-hybridized carbons (Fsp3) is 0.179. The van der Waals surface area contributed by atoms with Gasteiger partial charge < -0.3 is 9.88 Å². The van der Waals surface area contributed by atoms with Gasteiger partial charge in [-0.15, -0.1) is 0 Å². The zero-order valence-electron chi connectivity index (χ0n) is 18.9. The van der Waals surface area contributed by atoms with Crippen molar-refractivity contribution in [2.45, 2.75) is 25.9 Å². The Labute approximate surface area is 197 Å². The monoisotopic (exact) mass is 450 g/mol. The summed E-state index contributed by atoms with van der Waals surface area (Å²) in [6.07, 6.45) is 3.36. The van der Waals surface area contributed by atoms with Crippen molar-refractivity contribution in [3.63, 3.8) is 0 Å². The summed E-state index contributed by atoms with van der Waals surface area (Å²) in [6.45, 7) is 1.08. The Balaban J connectivity index is 1.40. The van der Waals surface area contributed by atoms with Gasteiger partial charge in [-0.05, 0) is 30.0 Å². The lowest BCUT2D eigenvalue weighted by Crippen LogP contribution is -2.30. The van der Waals surface area contributed by atoms with Gasteiger partial charge in [-0.1, -0.05) is 78.9 Å². The molecular weight excluding hydrogens is 424 g/mol. The molecule has 0 saturated carbocycles. The smallest absolute Gasteiger partial charge is 0.278 e. The van der Waals surface area contributed by atoms with E-state index >= 15 is 0 Å². The van der Waals surface area contributed by atoms with Crippen molar-refractivity contribution in [1.82, 2.24) is 19.4 Å². The van der Waals surface area contributed by atoms with Crippen LogP contribution >= 0.6 is 0 Å². The van der Waals surface area contributed by atoms with E-state index in [0.717, 1.165) is 29.3 Å². The van der Waals surface area contributed by atoms with E-state index in [-0.39, 0.29) is 18.0 Å². The number of benzene rings is 3. The van der Waals surface area contributed by atoms with Crippen LogP contribution in [0.4, 0.5) is 0 Å². The summed E-state index contributed by atoms with van der Waals surface area (Å²) in [6, 6.07) is 27.8. The molecule has 34 heavy (non-hydrogen) atoms. The molecule has 0 aliphatic rings. The Hall–Kier alpha value is -4.19. The maximum absolute atomic E-state index is 13.5. The molecule has 6 nitrogen and oxygen atoms in total. The second-order valence-electron chi connectivity index (χ2n) is 8.40. The lowest BCUT2D eigenvalue weighted by Gasteiger charge is -2.10. The molecule has 1 amide bonds. The van der Waals surface area contributed by atoms with E-state index in [4.69, 9.17) is 0 Å². The fourth-order valence-corrected chi connectivity index (χ4v) is 4.37. The predicted molar refractivity (Wildman–Crippen MR) is 135 cm³/mol. The van der Waals surface area contributed by atoms with Crippen LogP contribution in [-0.2, 0) is 24.3 Å². The van der Waals surface area contributed by atoms with Gasteiger partial charge in [0, 0.05) is 11.9 Å². The maximum Gasteiger partial charge on any atom is 0.278 e. The van der Waals surface area contributed by atoms with Crippen molar-refractivity contribution in [2.75, 3.05) is 6.54 Å². The number of nitrogens with zero attached hydrogens (tertiary/aromatic N) is 3. The molecular formula is C28H26N4O2. The third-order valence-corrected chi connectivity index (χ3v) is 6.04. The molecule has 170 valence electrons. The first-order chi connectivity index (χ1) is 16.7. The number of carbonyl (C=O) groups excluding carboxylic acids is 1. The molecule has 2 heterocycles. The Bertz CT molecular complexity index is 1490. The van der Waals surface area contributed by atoms with Crippen LogP contribution in [0, 0.1) is 0 Å². The Morgan fingerprint density at radius 2 is 1.53 bits per heavy atom. The van der Waals surface area contributed by atoms with Gasteiger partial charge in [-0.3, -0.25) is 14.2 Å². The molecule has 1 N–H and O–H groups in total. The van der Waals surface area contributed by atoms with Crippen molar-refractivity contribution in [1.29, 1.82) is 0 Å². The molecule has 0 radical (unpaired) electrons. The summed E-state index contributed by atoms with van der Waals surface area (Å²) in [7, 11) is 0. The standard InChI is InChI=1S/C28H26N4O2/c33-25(29-17-9-14-21-10-3-1-4-11-21)19-32-24-16-8-7-15-23(24)26-27(32)28(34)31(20-30-26)18-22-12-5-2-6-13-22/h1-8,10-13,15-16,20H,9,14,17-19H2,(H,29,33). The van der Waals surface area contributed by atoms with Gasteiger partial charge in [0.1, 0.15) is 17.6 Å². The van der Waals surface area contributed by atoms with Crippen molar-refractivity contribution < 1.29 is 4.79 Å². The number of rotatable bonds is 8. The predicted octanol–water partition coefficient (Wildman–Crippen LogP) is 4.15. The van der Waals surface area contributed by atoms with Crippen LogP contribution in [0.25, 0.3) is 21.9 Å². The van der Waals surface area contributed by atoms with Crippen LogP contribution in [0.5, 0.6) is 0 Å². The average molecular weight is 451 g/mol. The van der Waals surface area contributed by atoms with Crippen molar-refractivity contribution in [3.8, 4) is 0 Å². The van der Waals surface area contributed by atoms with E-state index in [1.807, 2.05) is 72.8 Å². The molecule has 5 rings (SSSR count). The Morgan fingerprint density at radius 3 is 2.29 bits per heavy atom. The highest BCUT2D eigenvalue weighted by molar-refractivity contribution is 6.06. The highest BCUT2D eigenvalue weighted by Crippen LogP contribution is 2.25. The topological polar surface area (TPSA) is 68.9 Å². The van der Waals surface area contributed by atoms with Crippen LogP contribution in [0.3, 0.4) is 0 Å². The largest absolute Gasteiger partial charge is 0.355 e. The van der Waals surface area contributed by atoms with Gasteiger partial charge in [0.15, 0.2) is 0 Å². The van der Waals surface area contributed by atoms with E-state index in [9.17, 15) is 9.59 Å². The van der Waals surface area contributed by atoms with Crippen molar-refractivity contribution in [2.24, 2.45) is 0 Å². The van der Waals surface area contributed by atoms with Gasteiger partial charge in [0.05, 0.1) is 18.4 Å². The first-order valence-corrected chi connectivity index (χ1v) is 11.5. The number of para-hydroxylation sites is 1. The lowest BCUT2D eigenvalue weighted by atomic mass is 10.1. The van der Waals surface area contributed by atoms with Crippen molar-refractivity contribution in [3.05, 3.63) is 113 Å². The minimum Gasteiger partial charge on any atom is -0.355 e. The molecule has 2 aromatic heterocycles. The minimum absolute atomic E-state index is 0.0711. The second-order valence-corrected chi connectivity index (χ2v) is 8.40. The molecule has 0 fully saturated rings. The SMILES string of the molecule is O=C(Cn1c2ccccc2c2ncn(Cc3ccccc3)c(=O)c21)NCCCc1ccccc1. The van der Waals surface area contributed by atoms with Gasteiger partial charge in [0.2, 0.25) is 5.91 Å². The lowest BCUT2D eigenvalue weighted by molar-refractivity contribution is -0.121. The number of aryl methyl sites for hydroxylation is 1. The van der Waals surface area contributed by atoms with E-state index in [1.54, 1.807) is 15.5 Å². The summed E-state index contributed by atoms with van der Waals surface area (Å²) in [5.41, 5.74) is 4.04. The Morgan fingerprint density at radius 1 is 0.853 bits per heavy atom. The minimum atomic E-state index is -0.151. The Kier molecular flexibility index (Phi) is 6.21. The molecule has 6 heteroatoms. The first kappa shape index (κ1) is 21.6. The van der Waals surface area contributed by atoms with Gasteiger partial charge in [-0.25, -0.2) is 4.98 Å². The van der Waals surface area contributed by atoms with Crippen LogP contribution in [-0.4, -0.2) is 26.6 Å². The van der Waals surface area contributed by atoms with E-state index in [0.29, 0.717) is 24.1 Å². The normalized spacial score (nSPS) is 11.2. The maximum atomic E-state index is 13.5. The number of carbonyl (C=O) groups is 1. The number of nitrogens with one attached hydrogen (secondary N) is 1. The first-order valence-electron chi connectivity index (χ1n) is 11.5. The summed E-state index contributed by atoms with van der Waals surface area (Å²) in [5, 5.41) is 3.88. The molecule has 3 aromatic carbocycles.